The van der Waals surface area contributed by atoms with Gasteiger partial charge in [0.15, 0.2) is 10.8 Å². The summed E-state index contributed by atoms with van der Waals surface area (Å²) in [4.78, 5) is 0.966. The molecule has 0 aliphatic carbocycles. The van der Waals surface area contributed by atoms with Crippen LogP contribution in [0, 0.1) is 0 Å². The number of hydrogen-bond donors (Lipinski definition) is 2. The first-order valence-electron chi connectivity index (χ1n) is 6.90. The Morgan fingerprint density at radius 1 is 1.42 bits per heavy atom. The fourth-order valence-corrected chi connectivity index (χ4v) is 3.73. The molecular weight excluding hydrogens is 260 g/mol. The minimum absolute atomic E-state index is 0.360. The van der Waals surface area contributed by atoms with Crippen LogP contribution in [0.3, 0.4) is 0 Å². The quantitative estimate of drug-likeness (QED) is 0.821. The van der Waals surface area contributed by atoms with Crippen molar-refractivity contribution in [1.29, 1.82) is 0 Å². The van der Waals surface area contributed by atoms with Crippen LogP contribution >= 0.6 is 0 Å². The lowest BCUT2D eigenvalue weighted by molar-refractivity contribution is 0.0225. The standard InChI is InChI=1S/C14H20N2O2S/c17-19-10-16-13-5-4-11(8-14(13)19)2-1-3-12-9-15-6-7-18-12/h4-5,8,12,15-16H,1-3,6-7,9-10H2. The number of anilines is 1. The number of fused-ring (bicyclic) bond motifs is 1. The van der Waals surface area contributed by atoms with Gasteiger partial charge in [0.2, 0.25) is 0 Å². The minimum Gasteiger partial charge on any atom is -0.610 e. The van der Waals surface area contributed by atoms with Gasteiger partial charge in [-0.25, -0.2) is 0 Å². The van der Waals surface area contributed by atoms with Crippen molar-refractivity contribution in [2.24, 2.45) is 0 Å². The van der Waals surface area contributed by atoms with E-state index in [0.717, 1.165) is 49.5 Å². The second-order valence-corrected chi connectivity index (χ2v) is 6.51. The lowest BCUT2D eigenvalue weighted by atomic mass is 10.0. The third-order valence-corrected chi connectivity index (χ3v) is 4.92. The summed E-state index contributed by atoms with van der Waals surface area (Å²) in [6, 6.07) is 6.27. The highest BCUT2D eigenvalue weighted by molar-refractivity contribution is 7.92. The van der Waals surface area contributed by atoms with Crippen LogP contribution in [0.4, 0.5) is 5.69 Å². The fourth-order valence-electron chi connectivity index (χ4n) is 2.62. The molecule has 1 fully saturated rings. The van der Waals surface area contributed by atoms with E-state index in [1.165, 1.54) is 5.56 Å². The highest BCUT2D eigenvalue weighted by Gasteiger charge is 2.23. The van der Waals surface area contributed by atoms with Crippen molar-refractivity contribution in [2.45, 2.75) is 30.3 Å². The molecule has 0 amide bonds. The summed E-state index contributed by atoms with van der Waals surface area (Å²) >= 11 is -0.864. The summed E-state index contributed by atoms with van der Waals surface area (Å²) in [6.45, 7) is 2.77. The molecule has 0 spiro atoms. The van der Waals surface area contributed by atoms with Crippen molar-refractivity contribution in [2.75, 3.05) is 30.9 Å². The molecule has 2 aliphatic heterocycles. The van der Waals surface area contributed by atoms with E-state index < -0.39 is 11.2 Å². The third-order valence-electron chi connectivity index (χ3n) is 3.68. The molecule has 0 saturated carbocycles. The molecule has 2 aliphatic rings. The van der Waals surface area contributed by atoms with Gasteiger partial charge in [0.1, 0.15) is 0 Å². The van der Waals surface area contributed by atoms with E-state index in [-0.39, 0.29) is 0 Å². The number of rotatable bonds is 4. The molecule has 2 unspecified atom stereocenters. The Hall–Kier alpha value is -0.750. The van der Waals surface area contributed by atoms with Crippen LogP contribution in [0.5, 0.6) is 0 Å². The zero-order valence-electron chi connectivity index (χ0n) is 11.0. The van der Waals surface area contributed by atoms with Crippen LogP contribution < -0.4 is 10.6 Å². The zero-order chi connectivity index (χ0) is 13.1. The highest BCUT2D eigenvalue weighted by Crippen LogP contribution is 2.29. The molecule has 19 heavy (non-hydrogen) atoms. The molecule has 3 rings (SSSR count). The molecular formula is C14H20N2O2S. The van der Waals surface area contributed by atoms with Crippen LogP contribution in [-0.2, 0) is 22.3 Å². The number of morpholine rings is 1. The first-order valence-corrected chi connectivity index (χ1v) is 8.22. The second kappa shape index (κ2) is 6.13. The van der Waals surface area contributed by atoms with Gasteiger partial charge in [-0.05, 0) is 37.0 Å². The molecule has 1 aromatic carbocycles. The summed E-state index contributed by atoms with van der Waals surface area (Å²) in [5, 5.41) is 6.51. The van der Waals surface area contributed by atoms with Gasteiger partial charge in [0.05, 0.1) is 18.4 Å². The maximum absolute atomic E-state index is 11.8. The summed E-state index contributed by atoms with van der Waals surface area (Å²) < 4.78 is 17.4. The van der Waals surface area contributed by atoms with Gasteiger partial charge in [-0.1, -0.05) is 6.07 Å². The Bertz CT molecular complexity index is 435. The number of benzene rings is 1. The predicted molar refractivity (Wildman–Crippen MR) is 76.9 cm³/mol. The van der Waals surface area contributed by atoms with E-state index >= 15 is 0 Å². The maximum atomic E-state index is 11.8. The van der Waals surface area contributed by atoms with Crippen molar-refractivity contribution in [3.63, 3.8) is 0 Å². The van der Waals surface area contributed by atoms with Crippen LogP contribution in [0.15, 0.2) is 23.1 Å². The topological polar surface area (TPSA) is 56.3 Å². The van der Waals surface area contributed by atoms with E-state index in [1.807, 2.05) is 6.07 Å². The average molecular weight is 280 g/mol. The van der Waals surface area contributed by atoms with Crippen molar-refractivity contribution in [1.82, 2.24) is 5.32 Å². The van der Waals surface area contributed by atoms with E-state index in [9.17, 15) is 4.55 Å². The zero-order valence-corrected chi connectivity index (χ0v) is 11.8. The summed E-state index contributed by atoms with van der Waals surface area (Å²) in [5.74, 6) is 0.556. The molecule has 2 atom stereocenters. The lowest BCUT2D eigenvalue weighted by Crippen LogP contribution is -2.38. The fraction of sp³-hybridized carbons (Fsp3) is 0.571. The van der Waals surface area contributed by atoms with Crippen molar-refractivity contribution >= 4 is 16.9 Å². The molecule has 5 heteroatoms. The molecule has 0 bridgehead atoms. The van der Waals surface area contributed by atoms with Gasteiger partial charge in [0, 0.05) is 24.3 Å². The minimum atomic E-state index is -0.864. The van der Waals surface area contributed by atoms with Crippen molar-refractivity contribution < 1.29 is 9.29 Å². The number of ether oxygens (including phenoxy) is 1. The van der Waals surface area contributed by atoms with Crippen LogP contribution in [0.1, 0.15) is 18.4 Å². The third kappa shape index (κ3) is 3.23. The number of aryl methyl sites for hydroxylation is 1. The Morgan fingerprint density at radius 2 is 2.37 bits per heavy atom. The van der Waals surface area contributed by atoms with E-state index in [0.29, 0.717) is 12.0 Å². The first kappa shape index (κ1) is 13.2. The summed E-state index contributed by atoms with van der Waals surface area (Å²) in [7, 11) is 0. The van der Waals surface area contributed by atoms with Crippen molar-refractivity contribution in [3.05, 3.63) is 23.8 Å². The van der Waals surface area contributed by atoms with Gasteiger partial charge < -0.3 is 19.9 Å². The first-order chi connectivity index (χ1) is 9.33. The molecule has 1 saturated heterocycles. The Balaban J connectivity index is 1.51. The normalized spacial score (nSPS) is 25.9. The average Bonchev–Trinajstić information content (AvgIpc) is 2.82. The van der Waals surface area contributed by atoms with Gasteiger partial charge in [0.25, 0.3) is 0 Å². The largest absolute Gasteiger partial charge is 0.610 e. The molecule has 2 N–H and O–H groups in total. The maximum Gasteiger partial charge on any atom is 0.181 e. The monoisotopic (exact) mass is 280 g/mol. The summed E-state index contributed by atoms with van der Waals surface area (Å²) in [6.07, 6.45) is 3.60. The lowest BCUT2D eigenvalue weighted by Gasteiger charge is -2.23. The smallest absolute Gasteiger partial charge is 0.181 e. The van der Waals surface area contributed by atoms with Gasteiger partial charge in [-0.15, -0.1) is 0 Å². The van der Waals surface area contributed by atoms with Crippen molar-refractivity contribution in [3.8, 4) is 0 Å². The van der Waals surface area contributed by atoms with Crippen LogP contribution in [-0.4, -0.2) is 36.2 Å². The number of nitrogens with one attached hydrogen (secondary N) is 2. The Kier molecular flexibility index (Phi) is 4.28. The van der Waals surface area contributed by atoms with Gasteiger partial charge in [-0.2, -0.15) is 0 Å². The van der Waals surface area contributed by atoms with Gasteiger partial charge in [-0.3, -0.25) is 0 Å². The molecule has 2 heterocycles. The van der Waals surface area contributed by atoms with Gasteiger partial charge >= 0.3 is 0 Å². The Labute approximate surface area is 117 Å². The highest BCUT2D eigenvalue weighted by atomic mass is 32.2. The SMILES string of the molecule is [O-][S+]1CNc2ccc(CCCC3CNCCO3)cc21. The van der Waals surface area contributed by atoms with Crippen LogP contribution in [0.25, 0.3) is 0 Å². The molecule has 0 aromatic heterocycles. The van der Waals surface area contributed by atoms with E-state index in [4.69, 9.17) is 4.74 Å². The summed E-state index contributed by atoms with van der Waals surface area (Å²) in [5.41, 5.74) is 2.31. The molecule has 4 nitrogen and oxygen atoms in total. The van der Waals surface area contributed by atoms with E-state index in [1.54, 1.807) is 0 Å². The second-order valence-electron chi connectivity index (χ2n) is 5.09. The molecule has 104 valence electrons. The Morgan fingerprint density at radius 3 is 3.21 bits per heavy atom. The molecule has 1 aromatic rings. The van der Waals surface area contributed by atoms with Crippen LogP contribution in [0.2, 0.25) is 0 Å². The molecule has 0 radical (unpaired) electrons. The number of hydrogen-bond acceptors (Lipinski definition) is 4. The predicted octanol–water partition coefficient (Wildman–Crippen LogP) is 1.49. The van der Waals surface area contributed by atoms with E-state index in [2.05, 4.69) is 22.8 Å².